The highest BCUT2D eigenvalue weighted by atomic mass is 16.2. The van der Waals surface area contributed by atoms with E-state index in [0.717, 1.165) is 32.7 Å². The Balaban J connectivity index is 1.49. The Labute approximate surface area is 120 Å². The fourth-order valence-electron chi connectivity index (χ4n) is 3.34. The van der Waals surface area contributed by atoms with Crippen LogP contribution in [0.4, 0.5) is 0 Å². The van der Waals surface area contributed by atoms with E-state index in [0.29, 0.717) is 12.3 Å². The molecule has 2 fully saturated rings. The van der Waals surface area contributed by atoms with Crippen molar-refractivity contribution in [2.75, 3.05) is 26.2 Å². The fourth-order valence-corrected chi connectivity index (χ4v) is 3.34. The van der Waals surface area contributed by atoms with Crippen LogP contribution in [-0.4, -0.2) is 47.9 Å². The molecule has 4 nitrogen and oxygen atoms in total. The summed E-state index contributed by atoms with van der Waals surface area (Å²) in [5.74, 6) is 0.840. The Morgan fingerprint density at radius 3 is 2.70 bits per heavy atom. The number of nitrogens with two attached hydrogens (primary N) is 1. The monoisotopic (exact) mass is 273 g/mol. The van der Waals surface area contributed by atoms with Crippen molar-refractivity contribution in [2.24, 2.45) is 11.7 Å². The molecule has 20 heavy (non-hydrogen) atoms. The molecule has 2 heterocycles. The third-order valence-electron chi connectivity index (χ3n) is 4.34. The molecule has 0 bridgehead atoms. The van der Waals surface area contributed by atoms with E-state index < -0.39 is 0 Å². The van der Waals surface area contributed by atoms with Gasteiger partial charge in [-0.3, -0.25) is 9.69 Å². The summed E-state index contributed by atoms with van der Waals surface area (Å²) in [7, 11) is 0. The highest BCUT2D eigenvalue weighted by Gasteiger charge is 2.31. The Hall–Kier alpha value is -1.39. The standard InChI is InChI=1S/C16H23N3O/c17-15-8-16(20)19(12-15)11-14-6-7-18(10-14)9-13-4-2-1-3-5-13/h1-5,14-15H,6-12,17H2. The van der Waals surface area contributed by atoms with E-state index in [1.54, 1.807) is 0 Å². The van der Waals surface area contributed by atoms with Crippen LogP contribution < -0.4 is 5.73 Å². The molecule has 1 aromatic carbocycles. The van der Waals surface area contributed by atoms with Crippen molar-refractivity contribution in [3.05, 3.63) is 35.9 Å². The highest BCUT2D eigenvalue weighted by molar-refractivity contribution is 5.79. The maximum absolute atomic E-state index is 11.8. The van der Waals surface area contributed by atoms with E-state index in [1.807, 2.05) is 4.90 Å². The average Bonchev–Trinajstić information content (AvgIpc) is 2.98. The summed E-state index contributed by atoms with van der Waals surface area (Å²) in [6.45, 7) is 4.87. The minimum absolute atomic E-state index is 0.0457. The number of hydrogen-bond donors (Lipinski definition) is 1. The summed E-state index contributed by atoms with van der Waals surface area (Å²) in [6, 6.07) is 10.6. The largest absolute Gasteiger partial charge is 0.341 e. The van der Waals surface area contributed by atoms with E-state index >= 15 is 0 Å². The van der Waals surface area contributed by atoms with E-state index in [2.05, 4.69) is 35.2 Å². The molecule has 0 aromatic heterocycles. The number of benzene rings is 1. The molecule has 1 aromatic rings. The highest BCUT2D eigenvalue weighted by Crippen LogP contribution is 2.21. The lowest BCUT2D eigenvalue weighted by Crippen LogP contribution is -2.34. The zero-order valence-electron chi connectivity index (χ0n) is 11.9. The molecule has 4 heteroatoms. The van der Waals surface area contributed by atoms with Crippen molar-refractivity contribution < 1.29 is 4.79 Å². The molecule has 2 saturated heterocycles. The Kier molecular flexibility index (Phi) is 4.03. The second kappa shape index (κ2) is 5.94. The summed E-state index contributed by atoms with van der Waals surface area (Å²) in [5, 5.41) is 0. The predicted molar refractivity (Wildman–Crippen MR) is 79.0 cm³/mol. The topological polar surface area (TPSA) is 49.6 Å². The van der Waals surface area contributed by atoms with Gasteiger partial charge in [0.05, 0.1) is 0 Å². The van der Waals surface area contributed by atoms with Gasteiger partial charge in [-0.05, 0) is 24.4 Å². The van der Waals surface area contributed by atoms with Crippen LogP contribution >= 0.6 is 0 Å². The van der Waals surface area contributed by atoms with Gasteiger partial charge in [0.15, 0.2) is 0 Å². The molecule has 2 unspecified atom stereocenters. The Bertz CT molecular complexity index is 462. The van der Waals surface area contributed by atoms with Gasteiger partial charge in [0.25, 0.3) is 0 Å². The van der Waals surface area contributed by atoms with Crippen molar-refractivity contribution in [3.8, 4) is 0 Å². The van der Waals surface area contributed by atoms with Crippen LogP contribution in [0, 0.1) is 5.92 Å². The molecule has 3 rings (SSSR count). The third kappa shape index (κ3) is 3.19. The number of likely N-dealkylation sites (tertiary alicyclic amines) is 2. The first-order chi connectivity index (χ1) is 9.70. The van der Waals surface area contributed by atoms with E-state index in [1.165, 1.54) is 12.0 Å². The molecule has 2 N–H and O–H groups in total. The number of hydrogen-bond acceptors (Lipinski definition) is 3. The maximum Gasteiger partial charge on any atom is 0.224 e. The third-order valence-corrected chi connectivity index (χ3v) is 4.34. The number of amides is 1. The van der Waals surface area contributed by atoms with Crippen LogP contribution in [0.3, 0.4) is 0 Å². The lowest BCUT2D eigenvalue weighted by molar-refractivity contribution is -0.128. The molecule has 2 aliphatic heterocycles. The van der Waals surface area contributed by atoms with Crippen LogP contribution in [0.25, 0.3) is 0 Å². The van der Waals surface area contributed by atoms with Crippen molar-refractivity contribution in [2.45, 2.75) is 25.4 Å². The molecule has 2 aliphatic rings. The minimum atomic E-state index is 0.0457. The van der Waals surface area contributed by atoms with Gasteiger partial charge in [-0.1, -0.05) is 30.3 Å². The number of rotatable bonds is 4. The van der Waals surface area contributed by atoms with Gasteiger partial charge in [0.2, 0.25) is 5.91 Å². The van der Waals surface area contributed by atoms with Crippen molar-refractivity contribution in [1.82, 2.24) is 9.80 Å². The Morgan fingerprint density at radius 2 is 2.00 bits per heavy atom. The van der Waals surface area contributed by atoms with Crippen LogP contribution in [0.1, 0.15) is 18.4 Å². The number of carbonyl (C=O) groups excluding carboxylic acids is 1. The summed E-state index contributed by atoms with van der Waals surface area (Å²) in [4.78, 5) is 16.2. The summed E-state index contributed by atoms with van der Waals surface area (Å²) < 4.78 is 0. The number of nitrogens with zero attached hydrogens (tertiary/aromatic N) is 2. The summed E-state index contributed by atoms with van der Waals surface area (Å²) in [5.41, 5.74) is 7.21. The fraction of sp³-hybridized carbons (Fsp3) is 0.562. The van der Waals surface area contributed by atoms with Crippen LogP contribution in [-0.2, 0) is 11.3 Å². The van der Waals surface area contributed by atoms with Gasteiger partial charge >= 0.3 is 0 Å². The molecule has 2 atom stereocenters. The van der Waals surface area contributed by atoms with Crippen molar-refractivity contribution in [3.63, 3.8) is 0 Å². The average molecular weight is 273 g/mol. The molecule has 0 radical (unpaired) electrons. The first kappa shape index (κ1) is 13.6. The lowest BCUT2D eigenvalue weighted by atomic mass is 10.1. The van der Waals surface area contributed by atoms with Crippen LogP contribution in [0.15, 0.2) is 30.3 Å². The molecular weight excluding hydrogens is 250 g/mol. The van der Waals surface area contributed by atoms with Gasteiger partial charge < -0.3 is 10.6 Å². The van der Waals surface area contributed by atoms with Gasteiger partial charge in [-0.2, -0.15) is 0 Å². The quantitative estimate of drug-likeness (QED) is 0.892. The number of carbonyl (C=O) groups is 1. The zero-order valence-corrected chi connectivity index (χ0v) is 11.9. The lowest BCUT2D eigenvalue weighted by Gasteiger charge is -2.21. The molecule has 0 spiro atoms. The first-order valence-electron chi connectivity index (χ1n) is 7.50. The van der Waals surface area contributed by atoms with Gasteiger partial charge in [0.1, 0.15) is 0 Å². The maximum atomic E-state index is 11.8. The summed E-state index contributed by atoms with van der Waals surface area (Å²) in [6.07, 6.45) is 1.71. The minimum Gasteiger partial charge on any atom is -0.341 e. The van der Waals surface area contributed by atoms with Gasteiger partial charge in [-0.15, -0.1) is 0 Å². The predicted octanol–water partition coefficient (Wildman–Crippen LogP) is 1.07. The van der Waals surface area contributed by atoms with E-state index in [4.69, 9.17) is 5.73 Å². The van der Waals surface area contributed by atoms with E-state index in [9.17, 15) is 4.79 Å². The molecule has 1 amide bonds. The molecule has 108 valence electrons. The SMILES string of the molecule is NC1CC(=O)N(CC2CCN(Cc3ccccc3)C2)C1. The van der Waals surface area contributed by atoms with Gasteiger partial charge in [-0.25, -0.2) is 0 Å². The molecular formula is C16H23N3O. The first-order valence-corrected chi connectivity index (χ1v) is 7.50. The van der Waals surface area contributed by atoms with E-state index in [-0.39, 0.29) is 11.9 Å². The van der Waals surface area contributed by atoms with Crippen molar-refractivity contribution in [1.29, 1.82) is 0 Å². The second-order valence-electron chi connectivity index (χ2n) is 6.14. The van der Waals surface area contributed by atoms with Crippen molar-refractivity contribution >= 4 is 5.91 Å². The zero-order chi connectivity index (χ0) is 13.9. The summed E-state index contributed by atoms with van der Waals surface area (Å²) >= 11 is 0. The molecule has 0 saturated carbocycles. The molecule has 0 aliphatic carbocycles. The van der Waals surface area contributed by atoms with Crippen LogP contribution in [0.5, 0.6) is 0 Å². The van der Waals surface area contributed by atoms with Gasteiger partial charge in [0, 0.05) is 38.6 Å². The normalized spacial score (nSPS) is 27.4. The smallest absolute Gasteiger partial charge is 0.224 e. The second-order valence-corrected chi connectivity index (χ2v) is 6.14. The Morgan fingerprint density at radius 1 is 1.20 bits per heavy atom. The van der Waals surface area contributed by atoms with Crippen LogP contribution in [0.2, 0.25) is 0 Å².